The highest BCUT2D eigenvalue weighted by molar-refractivity contribution is 6.17. The van der Waals surface area contributed by atoms with Crippen LogP contribution in [0.4, 0.5) is 4.39 Å². The molecule has 2 saturated carbocycles. The SMILES string of the molecule is C/C(=C(/C(=O)C1CCC(c2ccc(C)cc2F)CC1)n1cncc1C)C1CC1. The molecule has 2 fully saturated rings. The summed E-state index contributed by atoms with van der Waals surface area (Å²) in [5.41, 5.74) is 4.80. The molecule has 0 N–H and O–H groups in total. The van der Waals surface area contributed by atoms with Gasteiger partial charge < -0.3 is 4.57 Å². The smallest absolute Gasteiger partial charge is 0.182 e. The van der Waals surface area contributed by atoms with Gasteiger partial charge in [0, 0.05) is 17.8 Å². The van der Waals surface area contributed by atoms with E-state index < -0.39 is 0 Å². The molecule has 2 aliphatic carbocycles. The average Bonchev–Trinajstić information content (AvgIpc) is 3.45. The normalized spacial score (nSPS) is 23.4. The number of rotatable bonds is 5. The number of allylic oxidation sites excluding steroid dienone is 2. The minimum absolute atomic E-state index is 0.0234. The maximum Gasteiger partial charge on any atom is 0.182 e. The third kappa shape index (κ3) is 3.69. The van der Waals surface area contributed by atoms with Crippen molar-refractivity contribution in [3.63, 3.8) is 0 Å². The number of hydrogen-bond acceptors (Lipinski definition) is 2. The molecule has 0 amide bonds. The van der Waals surface area contributed by atoms with Crippen molar-refractivity contribution in [2.75, 3.05) is 0 Å². The van der Waals surface area contributed by atoms with Gasteiger partial charge in [0.2, 0.25) is 0 Å². The number of carbonyl (C=O) groups excluding carboxylic acids is 1. The minimum Gasteiger partial charge on any atom is -0.300 e. The van der Waals surface area contributed by atoms with E-state index in [1.54, 1.807) is 12.4 Å². The fourth-order valence-electron chi connectivity index (χ4n) is 4.63. The number of ketones is 1. The van der Waals surface area contributed by atoms with Crippen LogP contribution >= 0.6 is 0 Å². The zero-order valence-electron chi connectivity index (χ0n) is 17.0. The Bertz CT molecular complexity index is 914. The molecule has 0 saturated heterocycles. The summed E-state index contributed by atoms with van der Waals surface area (Å²) < 4.78 is 16.3. The second-order valence-corrected chi connectivity index (χ2v) is 8.65. The maximum absolute atomic E-state index is 14.4. The van der Waals surface area contributed by atoms with Crippen LogP contribution in [0.3, 0.4) is 0 Å². The summed E-state index contributed by atoms with van der Waals surface area (Å²) in [6.45, 7) is 6.02. The van der Waals surface area contributed by atoms with Gasteiger partial charge >= 0.3 is 0 Å². The number of nitrogens with zero attached hydrogens (tertiary/aromatic N) is 2. The van der Waals surface area contributed by atoms with Crippen molar-refractivity contribution in [1.29, 1.82) is 0 Å². The number of hydrogen-bond donors (Lipinski definition) is 0. The van der Waals surface area contributed by atoms with E-state index >= 15 is 0 Å². The van der Waals surface area contributed by atoms with Gasteiger partial charge in [0.05, 0.1) is 12.0 Å². The Hall–Kier alpha value is -2.23. The van der Waals surface area contributed by atoms with Crippen molar-refractivity contribution < 1.29 is 9.18 Å². The van der Waals surface area contributed by atoms with E-state index in [-0.39, 0.29) is 23.4 Å². The van der Waals surface area contributed by atoms with E-state index in [1.165, 1.54) is 18.4 Å². The Morgan fingerprint density at radius 3 is 2.32 bits per heavy atom. The van der Waals surface area contributed by atoms with Gasteiger partial charge in [0.1, 0.15) is 5.82 Å². The standard InChI is InChI=1S/C24H29FN2O/c1-15-4-11-21(22(25)12-15)19-7-9-20(10-8-19)24(28)23(17(3)18-5-6-18)27-14-26-13-16(27)2/h4,11-14,18-20H,5-10H2,1-3H3/b23-17+. The molecule has 1 aromatic heterocycles. The lowest BCUT2D eigenvalue weighted by atomic mass is 9.76. The summed E-state index contributed by atoms with van der Waals surface area (Å²) in [6, 6.07) is 5.53. The first-order valence-electron chi connectivity index (χ1n) is 10.5. The van der Waals surface area contributed by atoms with Gasteiger partial charge in [-0.1, -0.05) is 12.1 Å². The molecule has 0 radical (unpaired) electrons. The molecular weight excluding hydrogens is 351 g/mol. The van der Waals surface area contributed by atoms with Gasteiger partial charge in [0.15, 0.2) is 5.78 Å². The first-order valence-corrected chi connectivity index (χ1v) is 10.5. The summed E-state index contributed by atoms with van der Waals surface area (Å²) >= 11 is 0. The zero-order chi connectivity index (χ0) is 19.8. The molecule has 2 aliphatic rings. The third-order valence-electron chi connectivity index (χ3n) is 6.55. The van der Waals surface area contributed by atoms with Crippen LogP contribution in [0.2, 0.25) is 0 Å². The predicted molar refractivity (Wildman–Crippen MR) is 109 cm³/mol. The van der Waals surface area contributed by atoms with E-state index in [4.69, 9.17) is 0 Å². The second-order valence-electron chi connectivity index (χ2n) is 8.65. The maximum atomic E-state index is 14.4. The quantitative estimate of drug-likeness (QED) is 0.612. The van der Waals surface area contributed by atoms with Crippen molar-refractivity contribution in [3.8, 4) is 0 Å². The van der Waals surface area contributed by atoms with Crippen molar-refractivity contribution in [3.05, 3.63) is 58.9 Å². The highest BCUT2D eigenvalue weighted by Gasteiger charge is 2.34. The molecule has 1 heterocycles. The zero-order valence-corrected chi connectivity index (χ0v) is 17.0. The summed E-state index contributed by atoms with van der Waals surface area (Å²) in [4.78, 5) is 17.7. The van der Waals surface area contributed by atoms with Crippen LogP contribution in [-0.4, -0.2) is 15.3 Å². The van der Waals surface area contributed by atoms with Crippen LogP contribution in [0.15, 0.2) is 36.3 Å². The Morgan fingerprint density at radius 2 is 1.75 bits per heavy atom. The molecule has 0 atom stereocenters. The van der Waals surface area contributed by atoms with E-state index in [2.05, 4.69) is 11.9 Å². The molecular formula is C24H29FN2O. The van der Waals surface area contributed by atoms with Crippen LogP contribution < -0.4 is 0 Å². The lowest BCUT2D eigenvalue weighted by Crippen LogP contribution is -2.25. The van der Waals surface area contributed by atoms with E-state index in [0.29, 0.717) is 5.92 Å². The number of imidazole rings is 1. The summed E-state index contributed by atoms with van der Waals surface area (Å²) in [5, 5.41) is 0. The number of aryl methyl sites for hydroxylation is 2. The lowest BCUT2D eigenvalue weighted by Gasteiger charge is -2.29. The van der Waals surface area contributed by atoms with E-state index in [9.17, 15) is 9.18 Å². The number of aromatic nitrogens is 2. The number of halogens is 1. The van der Waals surface area contributed by atoms with Crippen LogP contribution in [0.5, 0.6) is 0 Å². The summed E-state index contributed by atoms with van der Waals surface area (Å²) in [6.07, 6.45) is 9.32. The fraction of sp³-hybridized carbons (Fsp3) is 0.500. The van der Waals surface area contributed by atoms with E-state index in [0.717, 1.165) is 48.2 Å². The number of carbonyl (C=O) groups is 1. The fourth-order valence-corrected chi connectivity index (χ4v) is 4.63. The van der Waals surface area contributed by atoms with Crippen LogP contribution in [0.25, 0.3) is 5.70 Å². The molecule has 0 bridgehead atoms. The topological polar surface area (TPSA) is 34.9 Å². The van der Waals surface area contributed by atoms with Gasteiger partial charge in [-0.05, 0) is 93.9 Å². The van der Waals surface area contributed by atoms with Gasteiger partial charge in [0.25, 0.3) is 0 Å². The Balaban J connectivity index is 1.52. The Labute approximate surface area is 166 Å². The molecule has 1 aromatic carbocycles. The van der Waals surface area contributed by atoms with Crippen LogP contribution in [0.1, 0.15) is 68.2 Å². The highest BCUT2D eigenvalue weighted by atomic mass is 19.1. The summed E-state index contributed by atoms with van der Waals surface area (Å²) in [5.74, 6) is 0.924. The predicted octanol–water partition coefficient (Wildman–Crippen LogP) is 5.82. The van der Waals surface area contributed by atoms with Crippen LogP contribution in [0, 0.1) is 31.5 Å². The monoisotopic (exact) mass is 380 g/mol. The average molecular weight is 381 g/mol. The third-order valence-corrected chi connectivity index (χ3v) is 6.55. The molecule has 0 spiro atoms. The largest absolute Gasteiger partial charge is 0.300 e. The van der Waals surface area contributed by atoms with Crippen molar-refractivity contribution in [1.82, 2.24) is 9.55 Å². The molecule has 148 valence electrons. The second kappa shape index (κ2) is 7.65. The molecule has 3 nitrogen and oxygen atoms in total. The van der Waals surface area contributed by atoms with Gasteiger partial charge in [-0.2, -0.15) is 0 Å². The molecule has 0 unspecified atom stereocenters. The first kappa shape index (κ1) is 19.1. The van der Waals surface area contributed by atoms with Crippen LogP contribution in [-0.2, 0) is 4.79 Å². The van der Waals surface area contributed by atoms with Crippen molar-refractivity contribution in [2.24, 2.45) is 11.8 Å². The molecule has 28 heavy (non-hydrogen) atoms. The lowest BCUT2D eigenvalue weighted by molar-refractivity contribution is -0.118. The minimum atomic E-state index is -0.103. The van der Waals surface area contributed by atoms with Crippen molar-refractivity contribution in [2.45, 2.75) is 65.2 Å². The molecule has 4 rings (SSSR count). The van der Waals surface area contributed by atoms with Gasteiger partial charge in [-0.15, -0.1) is 0 Å². The highest BCUT2D eigenvalue weighted by Crippen LogP contribution is 2.42. The molecule has 2 aromatic rings. The van der Waals surface area contributed by atoms with Crippen molar-refractivity contribution >= 4 is 11.5 Å². The van der Waals surface area contributed by atoms with E-state index in [1.807, 2.05) is 36.7 Å². The molecule has 0 aliphatic heterocycles. The van der Waals surface area contributed by atoms with Gasteiger partial charge in [-0.25, -0.2) is 9.37 Å². The number of Topliss-reactive ketones (excluding diaryl/α,β-unsaturated/α-hetero) is 1. The Morgan fingerprint density at radius 1 is 1.07 bits per heavy atom. The first-order chi connectivity index (χ1) is 13.5. The Kier molecular flexibility index (Phi) is 5.22. The summed E-state index contributed by atoms with van der Waals surface area (Å²) in [7, 11) is 0. The number of benzene rings is 1. The molecule has 4 heteroatoms. The van der Waals surface area contributed by atoms with Gasteiger partial charge in [-0.3, -0.25) is 4.79 Å².